The maximum absolute atomic E-state index is 12.4. The van der Waals surface area contributed by atoms with Crippen LogP contribution in [-0.4, -0.2) is 57.7 Å². The van der Waals surface area contributed by atoms with Crippen LogP contribution < -0.4 is 10.0 Å². The van der Waals surface area contributed by atoms with E-state index in [0.29, 0.717) is 6.54 Å². The number of hydrogen-bond acceptors (Lipinski definition) is 4. The molecule has 0 aromatic rings. The summed E-state index contributed by atoms with van der Waals surface area (Å²) >= 11 is 0. The largest absolute Gasteiger partial charge is 0.341 e. The van der Waals surface area contributed by atoms with Gasteiger partial charge in [0.25, 0.3) is 0 Å². The van der Waals surface area contributed by atoms with Gasteiger partial charge in [-0.3, -0.25) is 4.79 Å². The van der Waals surface area contributed by atoms with E-state index in [2.05, 4.69) is 10.0 Å². The van der Waals surface area contributed by atoms with Crippen LogP contribution in [-0.2, 0) is 14.8 Å². The predicted molar refractivity (Wildman–Crippen MR) is 73.2 cm³/mol. The van der Waals surface area contributed by atoms with E-state index in [1.165, 1.54) is 6.26 Å². The van der Waals surface area contributed by atoms with Crippen molar-refractivity contribution in [1.29, 1.82) is 0 Å². The molecule has 2 N–H and O–H groups in total. The Morgan fingerprint density at radius 2 is 1.95 bits per heavy atom. The molecular weight excluding hydrogens is 266 g/mol. The average Bonchev–Trinajstić information content (AvgIpc) is 2.37. The Bertz CT molecular complexity index is 418. The zero-order chi connectivity index (χ0) is 13.9. The number of sulfonamides is 1. The second-order valence-corrected chi connectivity index (χ2v) is 7.32. The van der Waals surface area contributed by atoms with Crippen molar-refractivity contribution in [3.8, 4) is 0 Å². The molecule has 0 aromatic carbocycles. The van der Waals surface area contributed by atoms with Crippen LogP contribution in [0.2, 0.25) is 0 Å². The normalized spacial score (nSPS) is 26.4. The van der Waals surface area contributed by atoms with E-state index in [1.807, 2.05) is 4.90 Å². The lowest BCUT2D eigenvalue weighted by atomic mass is 9.95. The summed E-state index contributed by atoms with van der Waals surface area (Å²) in [6.07, 6.45) is 4.62. The fourth-order valence-electron chi connectivity index (χ4n) is 2.90. The first kappa shape index (κ1) is 14.7. The van der Waals surface area contributed by atoms with Gasteiger partial charge in [0.1, 0.15) is 0 Å². The standard InChI is InChI=1S/C12H23N3O3S/c1-19(17,18)14-11-3-2-8-15(9-11)12(16)10-4-6-13-7-5-10/h10-11,13-14H,2-9H2,1H3. The van der Waals surface area contributed by atoms with Crippen molar-refractivity contribution < 1.29 is 13.2 Å². The summed E-state index contributed by atoms with van der Waals surface area (Å²) < 4.78 is 25.1. The van der Waals surface area contributed by atoms with Gasteiger partial charge in [-0.05, 0) is 38.8 Å². The Hall–Kier alpha value is -0.660. The van der Waals surface area contributed by atoms with Crippen molar-refractivity contribution in [2.45, 2.75) is 31.7 Å². The highest BCUT2D eigenvalue weighted by molar-refractivity contribution is 7.88. The minimum absolute atomic E-state index is 0.109. The first-order chi connectivity index (χ1) is 8.96. The summed E-state index contributed by atoms with van der Waals surface area (Å²) in [4.78, 5) is 14.2. The Morgan fingerprint density at radius 1 is 1.26 bits per heavy atom. The molecule has 2 heterocycles. The summed E-state index contributed by atoms with van der Waals surface area (Å²) in [5.41, 5.74) is 0. The first-order valence-electron chi connectivity index (χ1n) is 6.92. The van der Waals surface area contributed by atoms with Gasteiger partial charge >= 0.3 is 0 Å². The second kappa shape index (κ2) is 6.19. The Balaban J connectivity index is 1.91. The van der Waals surface area contributed by atoms with Crippen molar-refractivity contribution in [2.75, 3.05) is 32.4 Å². The van der Waals surface area contributed by atoms with Crippen LogP contribution in [0.4, 0.5) is 0 Å². The van der Waals surface area contributed by atoms with E-state index in [-0.39, 0.29) is 17.9 Å². The van der Waals surface area contributed by atoms with Gasteiger partial charge in [-0.1, -0.05) is 0 Å². The molecule has 0 radical (unpaired) electrons. The van der Waals surface area contributed by atoms with Gasteiger partial charge in [0.15, 0.2) is 0 Å². The third-order valence-electron chi connectivity index (χ3n) is 3.80. The van der Waals surface area contributed by atoms with E-state index in [0.717, 1.165) is 45.3 Å². The molecule has 0 spiro atoms. The lowest BCUT2D eigenvalue weighted by Gasteiger charge is -2.36. The van der Waals surface area contributed by atoms with Gasteiger partial charge in [-0.15, -0.1) is 0 Å². The van der Waals surface area contributed by atoms with Crippen LogP contribution in [0.25, 0.3) is 0 Å². The van der Waals surface area contributed by atoms with Gasteiger partial charge in [0.05, 0.1) is 6.26 Å². The monoisotopic (exact) mass is 289 g/mol. The lowest BCUT2D eigenvalue weighted by molar-refractivity contribution is -0.137. The topological polar surface area (TPSA) is 78.5 Å². The molecule has 0 aromatic heterocycles. The van der Waals surface area contributed by atoms with Gasteiger partial charge in [0, 0.05) is 25.0 Å². The van der Waals surface area contributed by atoms with E-state index in [4.69, 9.17) is 0 Å². The van der Waals surface area contributed by atoms with Crippen molar-refractivity contribution in [1.82, 2.24) is 14.9 Å². The molecule has 7 heteroatoms. The number of likely N-dealkylation sites (tertiary alicyclic amines) is 1. The second-order valence-electron chi connectivity index (χ2n) is 5.54. The third kappa shape index (κ3) is 4.43. The summed E-state index contributed by atoms with van der Waals surface area (Å²) in [7, 11) is -3.20. The van der Waals surface area contributed by atoms with E-state index >= 15 is 0 Å². The molecule has 6 nitrogen and oxygen atoms in total. The molecule has 1 amide bonds. The molecule has 2 rings (SSSR count). The first-order valence-corrected chi connectivity index (χ1v) is 8.81. The number of carbonyl (C=O) groups excluding carboxylic acids is 1. The van der Waals surface area contributed by atoms with Crippen LogP contribution in [0.15, 0.2) is 0 Å². The average molecular weight is 289 g/mol. The molecule has 0 saturated carbocycles. The zero-order valence-corrected chi connectivity index (χ0v) is 12.2. The molecule has 1 unspecified atom stereocenters. The van der Waals surface area contributed by atoms with Crippen LogP contribution >= 0.6 is 0 Å². The fourth-order valence-corrected chi connectivity index (χ4v) is 3.70. The van der Waals surface area contributed by atoms with Gasteiger partial charge in [0.2, 0.25) is 15.9 Å². The molecule has 0 aliphatic carbocycles. The number of nitrogens with one attached hydrogen (secondary N) is 2. The maximum Gasteiger partial charge on any atom is 0.225 e. The summed E-state index contributed by atoms with van der Waals surface area (Å²) in [6, 6.07) is -0.130. The number of hydrogen-bond donors (Lipinski definition) is 2. The minimum Gasteiger partial charge on any atom is -0.341 e. The van der Waals surface area contributed by atoms with Crippen molar-refractivity contribution in [2.24, 2.45) is 5.92 Å². The fraction of sp³-hybridized carbons (Fsp3) is 0.917. The zero-order valence-electron chi connectivity index (χ0n) is 11.4. The summed E-state index contributed by atoms with van der Waals surface area (Å²) in [5.74, 6) is 0.305. The number of carbonyl (C=O) groups is 1. The van der Waals surface area contributed by atoms with Crippen LogP contribution in [0.3, 0.4) is 0 Å². The molecule has 1 atom stereocenters. The van der Waals surface area contributed by atoms with Crippen molar-refractivity contribution >= 4 is 15.9 Å². The number of piperidine rings is 2. The number of nitrogens with zero attached hydrogens (tertiary/aromatic N) is 1. The number of rotatable bonds is 3. The van der Waals surface area contributed by atoms with Gasteiger partial charge in [-0.25, -0.2) is 13.1 Å². The van der Waals surface area contributed by atoms with Crippen molar-refractivity contribution in [3.63, 3.8) is 0 Å². The van der Waals surface area contributed by atoms with Crippen LogP contribution in [0, 0.1) is 5.92 Å². The molecule has 2 saturated heterocycles. The van der Waals surface area contributed by atoms with E-state index in [1.54, 1.807) is 0 Å². The molecule has 2 aliphatic heterocycles. The highest BCUT2D eigenvalue weighted by Crippen LogP contribution is 2.19. The highest BCUT2D eigenvalue weighted by atomic mass is 32.2. The lowest BCUT2D eigenvalue weighted by Crippen LogP contribution is -2.51. The Kier molecular flexibility index (Phi) is 4.81. The molecular formula is C12H23N3O3S. The molecule has 2 aliphatic rings. The van der Waals surface area contributed by atoms with E-state index in [9.17, 15) is 13.2 Å². The molecule has 110 valence electrons. The predicted octanol–water partition coefficient (Wildman–Crippen LogP) is -0.474. The Morgan fingerprint density at radius 3 is 2.58 bits per heavy atom. The van der Waals surface area contributed by atoms with Crippen LogP contribution in [0.1, 0.15) is 25.7 Å². The summed E-state index contributed by atoms with van der Waals surface area (Å²) in [5, 5.41) is 3.25. The number of amides is 1. The molecule has 0 bridgehead atoms. The maximum atomic E-state index is 12.4. The highest BCUT2D eigenvalue weighted by Gasteiger charge is 2.30. The smallest absolute Gasteiger partial charge is 0.225 e. The third-order valence-corrected chi connectivity index (χ3v) is 4.56. The van der Waals surface area contributed by atoms with Crippen LogP contribution in [0.5, 0.6) is 0 Å². The Labute approximate surface area is 115 Å². The quantitative estimate of drug-likeness (QED) is 0.736. The van der Waals surface area contributed by atoms with E-state index < -0.39 is 10.0 Å². The summed E-state index contributed by atoms with van der Waals surface area (Å²) in [6.45, 7) is 3.06. The minimum atomic E-state index is -3.20. The van der Waals surface area contributed by atoms with Gasteiger partial charge < -0.3 is 10.2 Å². The SMILES string of the molecule is CS(=O)(=O)NC1CCCN(C(=O)C2CCNCC2)C1. The van der Waals surface area contributed by atoms with Gasteiger partial charge in [-0.2, -0.15) is 0 Å². The molecule has 19 heavy (non-hydrogen) atoms. The van der Waals surface area contributed by atoms with Crippen molar-refractivity contribution in [3.05, 3.63) is 0 Å². The molecule has 2 fully saturated rings.